The molecule has 14 heavy (non-hydrogen) atoms. The largest absolute Gasteiger partial charge is 0.220 e. The van der Waals surface area contributed by atoms with Crippen molar-refractivity contribution in [1.82, 2.24) is 9.78 Å². The normalized spacial score (nSPS) is 10.5. The van der Waals surface area contributed by atoms with E-state index in [2.05, 4.69) is 5.10 Å². The molecule has 1 heterocycles. The molecule has 0 N–H and O–H groups in total. The molecule has 0 aliphatic rings. The molecule has 0 atom stereocenters. The van der Waals surface area contributed by atoms with E-state index in [1.54, 1.807) is 4.68 Å². The van der Waals surface area contributed by atoms with Gasteiger partial charge in [0.2, 0.25) is 0 Å². The second-order valence-electron chi connectivity index (χ2n) is 2.94. The van der Waals surface area contributed by atoms with Crippen molar-refractivity contribution in [2.75, 3.05) is 0 Å². The average Bonchev–Trinajstić information content (AvgIpc) is 2.47. The molecule has 0 radical (unpaired) electrons. The van der Waals surface area contributed by atoms with Crippen LogP contribution in [0.4, 0.5) is 0 Å². The number of nitrogens with zero attached hydrogens (tertiary/aromatic N) is 2. The Kier molecular flexibility index (Phi) is 2.48. The fraction of sp³-hybridized carbons (Fsp3) is 0.100. The molecule has 2 rings (SSSR count). The molecule has 0 amide bonds. The summed E-state index contributed by atoms with van der Waals surface area (Å²) < 4.78 is 1.62. The maximum absolute atomic E-state index is 6.02. The molecule has 2 nitrogen and oxygen atoms in total. The zero-order chi connectivity index (χ0) is 10.1. The molecule has 1 aromatic carbocycles. The van der Waals surface area contributed by atoms with Gasteiger partial charge in [-0.15, -0.1) is 0 Å². The van der Waals surface area contributed by atoms with Gasteiger partial charge in [-0.25, -0.2) is 4.68 Å². The van der Waals surface area contributed by atoms with Crippen LogP contribution in [0.5, 0.6) is 0 Å². The van der Waals surface area contributed by atoms with E-state index in [9.17, 15) is 0 Å². The van der Waals surface area contributed by atoms with Gasteiger partial charge in [0.25, 0.3) is 0 Å². The Labute approximate surface area is 92.1 Å². The summed E-state index contributed by atoms with van der Waals surface area (Å²) >= 11 is 12.0. The number of hydrogen-bond donors (Lipinski definition) is 0. The number of hydrogen-bond acceptors (Lipinski definition) is 1. The summed E-state index contributed by atoms with van der Waals surface area (Å²) in [4.78, 5) is 0. The zero-order valence-corrected chi connectivity index (χ0v) is 9.05. The van der Waals surface area contributed by atoms with Crippen LogP contribution < -0.4 is 0 Å². The van der Waals surface area contributed by atoms with Crippen LogP contribution in [0, 0.1) is 6.92 Å². The van der Waals surface area contributed by atoms with Gasteiger partial charge >= 0.3 is 0 Å². The van der Waals surface area contributed by atoms with Crippen LogP contribution in [0.3, 0.4) is 0 Å². The summed E-state index contributed by atoms with van der Waals surface area (Å²) in [6, 6.07) is 9.64. The van der Waals surface area contributed by atoms with Gasteiger partial charge in [0.1, 0.15) is 5.02 Å². The standard InChI is InChI=1S/C10H8Cl2N2/c1-7-9(11)10(12)14(13-7)8-5-3-2-4-6-8/h2-6H,1H3. The predicted molar refractivity (Wildman–Crippen MR) is 58.3 cm³/mol. The van der Waals surface area contributed by atoms with Gasteiger partial charge in [0, 0.05) is 0 Å². The van der Waals surface area contributed by atoms with Gasteiger partial charge in [-0.2, -0.15) is 5.10 Å². The van der Waals surface area contributed by atoms with Crippen molar-refractivity contribution < 1.29 is 0 Å². The first-order valence-corrected chi connectivity index (χ1v) is 4.92. The first kappa shape index (κ1) is 9.56. The lowest BCUT2D eigenvalue weighted by Crippen LogP contribution is -1.95. The molecule has 0 fully saturated rings. The average molecular weight is 227 g/mol. The quantitative estimate of drug-likeness (QED) is 0.729. The highest BCUT2D eigenvalue weighted by Crippen LogP contribution is 2.27. The van der Waals surface area contributed by atoms with Gasteiger partial charge in [0.15, 0.2) is 5.15 Å². The van der Waals surface area contributed by atoms with E-state index in [-0.39, 0.29) is 0 Å². The summed E-state index contributed by atoms with van der Waals surface area (Å²) in [6.45, 7) is 1.83. The second kappa shape index (κ2) is 3.64. The Hall–Kier alpha value is -0.990. The Bertz CT molecular complexity index is 449. The lowest BCUT2D eigenvalue weighted by Gasteiger charge is -2.01. The third kappa shape index (κ3) is 1.51. The smallest absolute Gasteiger partial charge is 0.151 e. The molecule has 0 spiro atoms. The molecule has 0 bridgehead atoms. The fourth-order valence-electron chi connectivity index (χ4n) is 1.22. The molecule has 0 unspecified atom stereocenters. The molecule has 0 aliphatic heterocycles. The van der Waals surface area contributed by atoms with E-state index in [1.807, 2.05) is 37.3 Å². The molecular formula is C10H8Cl2N2. The fourth-order valence-corrected chi connectivity index (χ4v) is 1.61. The number of benzene rings is 1. The monoisotopic (exact) mass is 226 g/mol. The number of rotatable bonds is 1. The first-order valence-electron chi connectivity index (χ1n) is 4.16. The second-order valence-corrected chi connectivity index (χ2v) is 3.67. The number of aromatic nitrogens is 2. The van der Waals surface area contributed by atoms with Gasteiger partial charge in [-0.3, -0.25) is 0 Å². The third-order valence-electron chi connectivity index (χ3n) is 1.94. The lowest BCUT2D eigenvalue weighted by atomic mass is 10.3. The summed E-state index contributed by atoms with van der Waals surface area (Å²) in [5.74, 6) is 0. The Morgan fingerprint density at radius 3 is 2.29 bits per heavy atom. The van der Waals surface area contributed by atoms with Gasteiger partial charge in [0.05, 0.1) is 11.4 Å². The van der Waals surface area contributed by atoms with Crippen molar-refractivity contribution in [3.63, 3.8) is 0 Å². The van der Waals surface area contributed by atoms with Crippen LogP contribution in [0.1, 0.15) is 5.69 Å². The molecular weight excluding hydrogens is 219 g/mol. The van der Waals surface area contributed by atoms with E-state index in [1.165, 1.54) is 0 Å². The van der Waals surface area contributed by atoms with Crippen LogP contribution in [-0.2, 0) is 0 Å². The summed E-state index contributed by atoms with van der Waals surface area (Å²) in [5.41, 5.74) is 1.65. The summed E-state index contributed by atoms with van der Waals surface area (Å²) in [6.07, 6.45) is 0. The molecule has 0 saturated heterocycles. The Morgan fingerprint density at radius 2 is 1.79 bits per heavy atom. The predicted octanol–water partition coefficient (Wildman–Crippen LogP) is 3.49. The minimum Gasteiger partial charge on any atom is -0.220 e. The topological polar surface area (TPSA) is 17.8 Å². The van der Waals surface area contributed by atoms with Crippen molar-refractivity contribution in [2.24, 2.45) is 0 Å². The maximum Gasteiger partial charge on any atom is 0.151 e. The van der Waals surface area contributed by atoms with Crippen LogP contribution in [0.25, 0.3) is 5.69 Å². The number of halogens is 2. The highest BCUT2D eigenvalue weighted by Gasteiger charge is 2.11. The van der Waals surface area contributed by atoms with Gasteiger partial charge in [-0.05, 0) is 19.1 Å². The van der Waals surface area contributed by atoms with Crippen molar-refractivity contribution in [3.05, 3.63) is 46.2 Å². The third-order valence-corrected chi connectivity index (χ3v) is 2.83. The van der Waals surface area contributed by atoms with E-state index in [4.69, 9.17) is 23.2 Å². The first-order chi connectivity index (χ1) is 6.70. The molecule has 0 aliphatic carbocycles. The van der Waals surface area contributed by atoms with Crippen LogP contribution in [-0.4, -0.2) is 9.78 Å². The van der Waals surface area contributed by atoms with Crippen molar-refractivity contribution in [2.45, 2.75) is 6.92 Å². The van der Waals surface area contributed by atoms with E-state index < -0.39 is 0 Å². The zero-order valence-electron chi connectivity index (χ0n) is 7.54. The van der Waals surface area contributed by atoms with Crippen molar-refractivity contribution >= 4 is 23.2 Å². The van der Waals surface area contributed by atoms with Crippen molar-refractivity contribution in [1.29, 1.82) is 0 Å². The number of para-hydroxylation sites is 1. The summed E-state index contributed by atoms with van der Waals surface area (Å²) in [7, 11) is 0. The van der Waals surface area contributed by atoms with E-state index in [0.717, 1.165) is 11.4 Å². The van der Waals surface area contributed by atoms with Crippen molar-refractivity contribution in [3.8, 4) is 5.69 Å². The van der Waals surface area contributed by atoms with Crippen LogP contribution in [0.15, 0.2) is 30.3 Å². The molecule has 4 heteroatoms. The van der Waals surface area contributed by atoms with E-state index in [0.29, 0.717) is 10.2 Å². The Balaban J connectivity index is 2.58. The molecule has 0 saturated carbocycles. The maximum atomic E-state index is 6.02. The minimum absolute atomic E-state index is 0.454. The summed E-state index contributed by atoms with van der Waals surface area (Å²) in [5, 5.41) is 5.20. The van der Waals surface area contributed by atoms with Crippen LogP contribution in [0.2, 0.25) is 10.2 Å². The molecule has 1 aromatic heterocycles. The lowest BCUT2D eigenvalue weighted by molar-refractivity contribution is 0.863. The highest BCUT2D eigenvalue weighted by atomic mass is 35.5. The minimum atomic E-state index is 0.454. The van der Waals surface area contributed by atoms with Gasteiger partial charge in [-0.1, -0.05) is 41.4 Å². The highest BCUT2D eigenvalue weighted by molar-refractivity contribution is 6.41. The SMILES string of the molecule is Cc1nn(-c2ccccc2)c(Cl)c1Cl. The van der Waals surface area contributed by atoms with Crippen LogP contribution >= 0.6 is 23.2 Å². The Morgan fingerprint density at radius 1 is 1.14 bits per heavy atom. The molecule has 2 aromatic rings. The van der Waals surface area contributed by atoms with E-state index >= 15 is 0 Å². The van der Waals surface area contributed by atoms with Gasteiger partial charge < -0.3 is 0 Å². The number of aryl methyl sites for hydroxylation is 1. The molecule has 72 valence electrons.